The normalized spacial score (nSPS) is 13.5. The summed E-state index contributed by atoms with van der Waals surface area (Å²) in [6.07, 6.45) is 3.65. The van der Waals surface area contributed by atoms with E-state index in [1.807, 2.05) is 36.7 Å². The van der Waals surface area contributed by atoms with Crippen molar-refractivity contribution < 1.29 is 13.9 Å². The maximum atomic E-state index is 14.5. The van der Waals surface area contributed by atoms with E-state index in [2.05, 4.69) is 29.8 Å². The van der Waals surface area contributed by atoms with E-state index in [0.717, 1.165) is 39.2 Å². The van der Waals surface area contributed by atoms with Crippen molar-refractivity contribution >= 4 is 22.7 Å². The van der Waals surface area contributed by atoms with Crippen LogP contribution in [0.3, 0.4) is 0 Å². The lowest BCUT2D eigenvalue weighted by atomic mass is 10.0. The number of likely N-dealkylation sites (N-methyl/N-ethyl adjacent to an activating group) is 1. The molecule has 1 aliphatic heterocycles. The number of aromatic nitrogens is 1. The van der Waals surface area contributed by atoms with Crippen LogP contribution in [0.1, 0.15) is 5.69 Å². The molecule has 2 heterocycles. The fourth-order valence-electron chi connectivity index (χ4n) is 3.64. The van der Waals surface area contributed by atoms with Gasteiger partial charge in [0.05, 0.1) is 6.54 Å². The molecule has 1 N–H and O–H groups in total. The summed E-state index contributed by atoms with van der Waals surface area (Å²) < 4.78 is 27.5. The topological polar surface area (TPSA) is 35.4 Å². The fourth-order valence-corrected chi connectivity index (χ4v) is 4.08. The number of benzene rings is 2. The van der Waals surface area contributed by atoms with Crippen LogP contribution >= 0.6 is 11.8 Å². The predicted molar refractivity (Wildman–Crippen MR) is 113 cm³/mol. The van der Waals surface area contributed by atoms with Crippen molar-refractivity contribution in [1.29, 1.82) is 0 Å². The molecule has 0 bridgehead atoms. The summed E-state index contributed by atoms with van der Waals surface area (Å²) in [5, 5.41) is 4.07. The van der Waals surface area contributed by atoms with Gasteiger partial charge in [-0.25, -0.2) is 4.39 Å². The van der Waals surface area contributed by atoms with Gasteiger partial charge in [0.15, 0.2) is 11.5 Å². The first-order valence-electron chi connectivity index (χ1n) is 9.18. The molecular weight excluding hydrogens is 375 g/mol. The molecule has 4 nitrogen and oxygen atoms in total. The van der Waals surface area contributed by atoms with Gasteiger partial charge in [0.25, 0.3) is 0 Å². The van der Waals surface area contributed by atoms with Gasteiger partial charge in [0, 0.05) is 33.6 Å². The third kappa shape index (κ3) is 3.38. The Morgan fingerprint density at radius 1 is 1.21 bits per heavy atom. The maximum absolute atomic E-state index is 14.5. The molecule has 2 aromatic carbocycles. The summed E-state index contributed by atoms with van der Waals surface area (Å²) in [5.41, 5.74) is 4.20. The lowest BCUT2D eigenvalue weighted by Crippen LogP contribution is -2.07. The van der Waals surface area contributed by atoms with Gasteiger partial charge in [-0.05, 0) is 62.2 Å². The second-order valence-electron chi connectivity index (χ2n) is 6.71. The molecule has 4 rings (SSSR count). The molecule has 0 radical (unpaired) electrons. The number of nitrogens with one attached hydrogen (secondary N) is 1. The average molecular weight is 399 g/mol. The highest BCUT2D eigenvalue weighted by Crippen LogP contribution is 2.41. The molecule has 28 heavy (non-hydrogen) atoms. The summed E-state index contributed by atoms with van der Waals surface area (Å²) in [4.78, 5) is 1.18. The third-order valence-electron chi connectivity index (χ3n) is 5.03. The lowest BCUT2D eigenvalue weighted by molar-refractivity contribution is 0.174. The predicted octanol–water partition coefficient (Wildman–Crippen LogP) is 5.14. The number of allylic oxidation sites excluding steroid dienone is 1. The van der Waals surface area contributed by atoms with E-state index in [4.69, 9.17) is 9.47 Å². The number of hydrogen-bond acceptors (Lipinski definition) is 4. The van der Waals surface area contributed by atoms with E-state index in [1.54, 1.807) is 17.8 Å². The maximum Gasteiger partial charge on any atom is 0.231 e. The smallest absolute Gasteiger partial charge is 0.231 e. The molecule has 0 unspecified atom stereocenters. The minimum atomic E-state index is -0.152. The second kappa shape index (κ2) is 7.89. The third-order valence-corrected chi connectivity index (χ3v) is 5.75. The Hall–Kier alpha value is -2.44. The van der Waals surface area contributed by atoms with E-state index in [1.165, 1.54) is 4.90 Å². The number of halogens is 1. The van der Waals surface area contributed by atoms with Gasteiger partial charge in [0.1, 0.15) is 5.83 Å². The van der Waals surface area contributed by atoms with Crippen LogP contribution in [0, 0.1) is 6.92 Å². The second-order valence-corrected chi connectivity index (χ2v) is 7.59. The number of rotatable bonds is 6. The lowest BCUT2D eigenvalue weighted by Gasteiger charge is -2.08. The van der Waals surface area contributed by atoms with Crippen LogP contribution in [0.25, 0.3) is 22.0 Å². The molecule has 0 saturated heterocycles. The zero-order valence-electron chi connectivity index (χ0n) is 16.2. The first-order valence-corrected chi connectivity index (χ1v) is 10.4. The zero-order chi connectivity index (χ0) is 19.7. The quantitative estimate of drug-likeness (QED) is 0.583. The van der Waals surface area contributed by atoms with Crippen molar-refractivity contribution in [2.75, 3.05) is 26.6 Å². The Kier molecular flexibility index (Phi) is 5.33. The van der Waals surface area contributed by atoms with Crippen LogP contribution in [-0.2, 0) is 6.54 Å². The van der Waals surface area contributed by atoms with Gasteiger partial charge in [-0.3, -0.25) is 0 Å². The minimum absolute atomic E-state index is 0.152. The van der Waals surface area contributed by atoms with E-state index in [-0.39, 0.29) is 19.2 Å². The Bertz CT molecular complexity index is 1060. The monoisotopic (exact) mass is 398 g/mol. The number of thioether (sulfide) groups is 1. The fraction of sp³-hybridized carbons (Fsp3) is 0.273. The van der Waals surface area contributed by atoms with Crippen LogP contribution in [-0.4, -0.2) is 31.2 Å². The van der Waals surface area contributed by atoms with Crippen LogP contribution in [0.4, 0.5) is 4.39 Å². The van der Waals surface area contributed by atoms with E-state index < -0.39 is 0 Å². The molecule has 0 fully saturated rings. The number of nitrogens with zero attached hydrogens (tertiary/aromatic N) is 1. The Balaban J connectivity index is 1.88. The minimum Gasteiger partial charge on any atom is -0.454 e. The summed E-state index contributed by atoms with van der Waals surface area (Å²) in [7, 11) is 1.81. The van der Waals surface area contributed by atoms with Crippen molar-refractivity contribution in [2.45, 2.75) is 18.4 Å². The Morgan fingerprint density at radius 3 is 2.82 bits per heavy atom. The van der Waals surface area contributed by atoms with Crippen molar-refractivity contribution in [3.8, 4) is 22.6 Å². The molecule has 0 saturated carbocycles. The molecule has 0 spiro atoms. The molecular formula is C22H23FN2O2S. The molecule has 146 valence electrons. The summed E-state index contributed by atoms with van der Waals surface area (Å²) in [6.45, 7) is 3.02. The summed E-state index contributed by atoms with van der Waals surface area (Å²) in [5.74, 6) is 1.36. The first-order chi connectivity index (χ1) is 13.6. The highest BCUT2D eigenvalue weighted by molar-refractivity contribution is 7.98. The van der Waals surface area contributed by atoms with Gasteiger partial charge in [-0.2, -0.15) is 0 Å². The largest absolute Gasteiger partial charge is 0.454 e. The van der Waals surface area contributed by atoms with Gasteiger partial charge >= 0.3 is 0 Å². The number of fused-ring (bicyclic) bond motifs is 2. The van der Waals surface area contributed by atoms with E-state index in [0.29, 0.717) is 6.54 Å². The molecule has 0 atom stereocenters. The van der Waals surface area contributed by atoms with Crippen LogP contribution in [0.15, 0.2) is 53.2 Å². The van der Waals surface area contributed by atoms with Gasteiger partial charge < -0.3 is 19.4 Å². The number of hydrogen-bond donors (Lipinski definition) is 1. The average Bonchev–Trinajstić information content (AvgIpc) is 3.28. The van der Waals surface area contributed by atoms with Gasteiger partial charge in [0.2, 0.25) is 6.79 Å². The summed E-state index contributed by atoms with van der Waals surface area (Å²) in [6, 6.07) is 12.3. The van der Waals surface area contributed by atoms with Gasteiger partial charge in [-0.1, -0.05) is 6.07 Å². The molecule has 1 aromatic heterocycles. The van der Waals surface area contributed by atoms with E-state index >= 15 is 0 Å². The first kappa shape index (κ1) is 18.9. The van der Waals surface area contributed by atoms with E-state index in [9.17, 15) is 4.39 Å². The molecule has 3 aromatic rings. The SMILES string of the molecule is CNC/C=C(\F)Cn1c(C)c(-c2ccc3c(c2)OCO3)c2cc(SC)ccc21. The zero-order valence-corrected chi connectivity index (χ0v) is 17.0. The van der Waals surface area contributed by atoms with Gasteiger partial charge in [-0.15, -0.1) is 11.8 Å². The molecule has 1 aliphatic rings. The standard InChI is InChI=1S/C22H23FN2O2S/c1-14-22(15-4-7-20-21(10-15)27-13-26-20)18-11-17(28-3)5-6-19(18)25(14)12-16(23)8-9-24-2/h4-8,10-11,24H,9,12-13H2,1-3H3/b16-8-. The Morgan fingerprint density at radius 2 is 2.04 bits per heavy atom. The highest BCUT2D eigenvalue weighted by Gasteiger charge is 2.20. The van der Waals surface area contributed by atoms with Crippen LogP contribution in [0.5, 0.6) is 11.5 Å². The number of ether oxygens (including phenoxy) is 2. The molecule has 0 amide bonds. The Labute approximate surface area is 168 Å². The van der Waals surface area contributed by atoms with Crippen molar-refractivity contribution in [3.63, 3.8) is 0 Å². The van der Waals surface area contributed by atoms with Crippen LogP contribution < -0.4 is 14.8 Å². The van der Waals surface area contributed by atoms with Crippen molar-refractivity contribution in [1.82, 2.24) is 9.88 Å². The molecule has 0 aliphatic carbocycles. The van der Waals surface area contributed by atoms with Crippen molar-refractivity contribution in [2.24, 2.45) is 0 Å². The highest BCUT2D eigenvalue weighted by atomic mass is 32.2. The summed E-state index contributed by atoms with van der Waals surface area (Å²) >= 11 is 1.70. The van der Waals surface area contributed by atoms with Crippen molar-refractivity contribution in [3.05, 3.63) is 54.0 Å². The molecule has 6 heteroatoms. The van der Waals surface area contributed by atoms with Crippen LogP contribution in [0.2, 0.25) is 0 Å².